The highest BCUT2D eigenvalue weighted by atomic mass is 14.8. The summed E-state index contributed by atoms with van der Waals surface area (Å²) in [6.45, 7) is 4.42. The van der Waals surface area contributed by atoms with Gasteiger partial charge in [0, 0.05) is 6.54 Å². The van der Waals surface area contributed by atoms with E-state index in [-0.39, 0.29) is 0 Å². The number of hydrogen-bond donors (Lipinski definition) is 1. The maximum atomic E-state index is 3.55. The third-order valence-corrected chi connectivity index (χ3v) is 3.48. The Balaban J connectivity index is 1.62. The molecule has 0 aliphatic rings. The lowest BCUT2D eigenvalue weighted by Crippen LogP contribution is -2.21. The van der Waals surface area contributed by atoms with Gasteiger partial charge in [0.15, 0.2) is 0 Å². The molecule has 100 valence electrons. The highest BCUT2D eigenvalue weighted by Gasteiger charge is 2.03. The quantitative estimate of drug-likeness (QED) is 0.735. The fourth-order valence-corrected chi connectivity index (χ4v) is 2.28. The van der Waals surface area contributed by atoms with E-state index in [0.29, 0.717) is 5.92 Å². The topological polar surface area (TPSA) is 12.0 Å². The first-order valence-corrected chi connectivity index (χ1v) is 7.16. The van der Waals surface area contributed by atoms with E-state index in [1.807, 2.05) is 0 Å². The van der Waals surface area contributed by atoms with E-state index in [2.05, 4.69) is 72.9 Å². The number of nitrogens with one attached hydrogen (secondary N) is 1. The van der Waals surface area contributed by atoms with Crippen LogP contribution in [0.5, 0.6) is 0 Å². The number of rotatable bonds is 7. The zero-order chi connectivity index (χ0) is 13.3. The first kappa shape index (κ1) is 13.8. The minimum absolute atomic E-state index is 0.581. The second-order valence-electron chi connectivity index (χ2n) is 5.11. The molecule has 2 rings (SSSR count). The molecule has 0 radical (unpaired) electrons. The van der Waals surface area contributed by atoms with Gasteiger partial charge in [0.25, 0.3) is 0 Å². The zero-order valence-electron chi connectivity index (χ0n) is 11.7. The lowest BCUT2D eigenvalue weighted by Gasteiger charge is -2.12. The average Bonchev–Trinajstić information content (AvgIpc) is 2.49. The van der Waals surface area contributed by atoms with Crippen molar-refractivity contribution in [2.24, 2.45) is 0 Å². The standard InChI is InChI=1S/C18H23N/c1-16(18-12-6-3-7-13-18)15-19-14-8-11-17-9-4-2-5-10-17/h2-7,9-10,12-13,16,19H,8,11,14-15H2,1H3/t16-/m0/s1. The fraction of sp³-hybridized carbons (Fsp3) is 0.333. The molecule has 0 aliphatic carbocycles. The summed E-state index contributed by atoms with van der Waals surface area (Å²) in [5, 5.41) is 3.55. The summed E-state index contributed by atoms with van der Waals surface area (Å²) in [7, 11) is 0. The van der Waals surface area contributed by atoms with Gasteiger partial charge in [0.05, 0.1) is 0 Å². The van der Waals surface area contributed by atoms with Crippen LogP contribution in [0, 0.1) is 0 Å². The first-order chi connectivity index (χ1) is 9.36. The van der Waals surface area contributed by atoms with Crippen LogP contribution < -0.4 is 5.32 Å². The van der Waals surface area contributed by atoms with Crippen LogP contribution in [0.1, 0.15) is 30.4 Å². The number of hydrogen-bond acceptors (Lipinski definition) is 1. The highest BCUT2D eigenvalue weighted by molar-refractivity contribution is 5.19. The minimum atomic E-state index is 0.581. The Morgan fingerprint density at radius 3 is 2.21 bits per heavy atom. The Morgan fingerprint density at radius 2 is 1.53 bits per heavy atom. The van der Waals surface area contributed by atoms with E-state index in [4.69, 9.17) is 0 Å². The second-order valence-corrected chi connectivity index (χ2v) is 5.11. The lowest BCUT2D eigenvalue weighted by molar-refractivity contribution is 0.596. The largest absolute Gasteiger partial charge is 0.316 e. The third-order valence-electron chi connectivity index (χ3n) is 3.48. The summed E-state index contributed by atoms with van der Waals surface area (Å²) in [6, 6.07) is 21.4. The molecule has 0 amide bonds. The van der Waals surface area contributed by atoms with Crippen molar-refractivity contribution in [3.05, 3.63) is 71.8 Å². The van der Waals surface area contributed by atoms with Crippen molar-refractivity contribution >= 4 is 0 Å². The fourth-order valence-electron chi connectivity index (χ4n) is 2.28. The van der Waals surface area contributed by atoms with Crippen molar-refractivity contribution in [3.8, 4) is 0 Å². The highest BCUT2D eigenvalue weighted by Crippen LogP contribution is 2.12. The van der Waals surface area contributed by atoms with Crippen LogP contribution in [-0.2, 0) is 6.42 Å². The second kappa shape index (κ2) is 7.75. The summed E-state index contributed by atoms with van der Waals surface area (Å²) in [5.74, 6) is 0.581. The van der Waals surface area contributed by atoms with Crippen LogP contribution in [0.2, 0.25) is 0 Å². The van der Waals surface area contributed by atoms with Gasteiger partial charge in [-0.1, -0.05) is 67.6 Å². The molecule has 0 aromatic heterocycles. The van der Waals surface area contributed by atoms with E-state index < -0.39 is 0 Å². The molecule has 0 saturated heterocycles. The monoisotopic (exact) mass is 253 g/mol. The van der Waals surface area contributed by atoms with E-state index in [1.54, 1.807) is 0 Å². The molecule has 1 N–H and O–H groups in total. The van der Waals surface area contributed by atoms with E-state index >= 15 is 0 Å². The molecule has 0 aliphatic heterocycles. The molecule has 2 aromatic carbocycles. The molecule has 0 spiro atoms. The summed E-state index contributed by atoms with van der Waals surface area (Å²) in [6.07, 6.45) is 2.36. The minimum Gasteiger partial charge on any atom is -0.316 e. The normalized spacial score (nSPS) is 12.3. The maximum Gasteiger partial charge on any atom is 0.00174 e. The van der Waals surface area contributed by atoms with Crippen LogP contribution >= 0.6 is 0 Å². The van der Waals surface area contributed by atoms with Gasteiger partial charge in [-0.15, -0.1) is 0 Å². The van der Waals surface area contributed by atoms with Gasteiger partial charge in [-0.2, -0.15) is 0 Å². The van der Waals surface area contributed by atoms with Crippen molar-refractivity contribution < 1.29 is 0 Å². The summed E-state index contributed by atoms with van der Waals surface area (Å²) < 4.78 is 0. The van der Waals surface area contributed by atoms with E-state index in [0.717, 1.165) is 19.5 Å². The summed E-state index contributed by atoms with van der Waals surface area (Å²) >= 11 is 0. The summed E-state index contributed by atoms with van der Waals surface area (Å²) in [5.41, 5.74) is 2.85. The predicted molar refractivity (Wildman–Crippen MR) is 82.5 cm³/mol. The lowest BCUT2D eigenvalue weighted by atomic mass is 10.0. The smallest absolute Gasteiger partial charge is 0.00174 e. The Bertz CT molecular complexity index is 450. The Kier molecular flexibility index (Phi) is 5.64. The van der Waals surface area contributed by atoms with Gasteiger partial charge >= 0.3 is 0 Å². The van der Waals surface area contributed by atoms with Crippen molar-refractivity contribution in [1.29, 1.82) is 0 Å². The molecular formula is C18H23N. The molecule has 0 saturated carbocycles. The molecular weight excluding hydrogens is 230 g/mol. The third kappa shape index (κ3) is 4.88. The number of benzene rings is 2. The van der Waals surface area contributed by atoms with Gasteiger partial charge in [0.1, 0.15) is 0 Å². The van der Waals surface area contributed by atoms with Crippen LogP contribution in [-0.4, -0.2) is 13.1 Å². The molecule has 1 atom stereocenters. The molecule has 0 fully saturated rings. The van der Waals surface area contributed by atoms with Gasteiger partial charge in [0.2, 0.25) is 0 Å². The number of aryl methyl sites for hydroxylation is 1. The Labute approximate surface area is 116 Å². The van der Waals surface area contributed by atoms with Crippen LogP contribution in [0.3, 0.4) is 0 Å². The maximum absolute atomic E-state index is 3.55. The molecule has 0 unspecified atom stereocenters. The van der Waals surface area contributed by atoms with Crippen LogP contribution in [0.15, 0.2) is 60.7 Å². The molecule has 19 heavy (non-hydrogen) atoms. The van der Waals surface area contributed by atoms with E-state index in [9.17, 15) is 0 Å². The molecule has 2 aromatic rings. The SMILES string of the molecule is C[C@@H](CNCCCc1ccccc1)c1ccccc1. The predicted octanol–water partition coefficient (Wildman–Crippen LogP) is 4.01. The molecule has 0 heterocycles. The Hall–Kier alpha value is -1.60. The average molecular weight is 253 g/mol. The van der Waals surface area contributed by atoms with Gasteiger partial charge in [-0.3, -0.25) is 0 Å². The van der Waals surface area contributed by atoms with Crippen molar-refractivity contribution in [1.82, 2.24) is 5.32 Å². The van der Waals surface area contributed by atoms with Crippen LogP contribution in [0.4, 0.5) is 0 Å². The first-order valence-electron chi connectivity index (χ1n) is 7.16. The molecule has 1 heteroatoms. The van der Waals surface area contributed by atoms with Gasteiger partial charge in [-0.05, 0) is 36.4 Å². The molecule has 0 bridgehead atoms. The summed E-state index contributed by atoms with van der Waals surface area (Å²) in [4.78, 5) is 0. The van der Waals surface area contributed by atoms with E-state index in [1.165, 1.54) is 17.5 Å². The Morgan fingerprint density at radius 1 is 0.895 bits per heavy atom. The zero-order valence-corrected chi connectivity index (χ0v) is 11.7. The van der Waals surface area contributed by atoms with Crippen molar-refractivity contribution in [2.75, 3.05) is 13.1 Å². The molecule has 1 nitrogen and oxygen atoms in total. The van der Waals surface area contributed by atoms with Crippen LogP contribution in [0.25, 0.3) is 0 Å². The van der Waals surface area contributed by atoms with Gasteiger partial charge < -0.3 is 5.32 Å². The van der Waals surface area contributed by atoms with Crippen molar-refractivity contribution in [3.63, 3.8) is 0 Å². The van der Waals surface area contributed by atoms with Crippen molar-refractivity contribution in [2.45, 2.75) is 25.7 Å². The van der Waals surface area contributed by atoms with Gasteiger partial charge in [-0.25, -0.2) is 0 Å².